The Balaban J connectivity index is 2.14. The maximum absolute atomic E-state index is 5.35. The van der Waals surface area contributed by atoms with Gasteiger partial charge >= 0.3 is 0 Å². The van der Waals surface area contributed by atoms with Crippen LogP contribution in [0.1, 0.15) is 13.3 Å². The molecule has 0 heterocycles. The van der Waals surface area contributed by atoms with Crippen LogP contribution >= 0.6 is 0 Å². The van der Waals surface area contributed by atoms with Gasteiger partial charge in [-0.25, -0.2) is 0 Å². The van der Waals surface area contributed by atoms with Gasteiger partial charge in [0.2, 0.25) is 0 Å². The first-order valence-electron chi connectivity index (χ1n) is 3.36. The van der Waals surface area contributed by atoms with Crippen LogP contribution in [-0.4, -0.2) is 16.4 Å². The summed E-state index contributed by atoms with van der Waals surface area (Å²) in [6.07, 6.45) is 7.62. The van der Waals surface area contributed by atoms with Crippen LogP contribution in [0.5, 0.6) is 0 Å². The molecule has 0 unspecified atom stereocenters. The second kappa shape index (κ2) is 3.64. The molecule has 0 N–H and O–H groups in total. The van der Waals surface area contributed by atoms with E-state index in [1.807, 2.05) is 0 Å². The number of allylic oxidation sites excluding steroid dienone is 4. The van der Waals surface area contributed by atoms with Gasteiger partial charge in [0.1, 0.15) is 0 Å². The molecule has 0 atom stereocenters. The molecule has 0 radical (unpaired) electrons. The summed E-state index contributed by atoms with van der Waals surface area (Å²) in [4.78, 5) is 0. The van der Waals surface area contributed by atoms with Gasteiger partial charge < -0.3 is 4.43 Å². The van der Waals surface area contributed by atoms with Crippen molar-refractivity contribution in [2.75, 3.05) is 6.61 Å². The molecule has 0 aliphatic heterocycles. The second-order valence-electron chi connectivity index (χ2n) is 2.09. The molecular weight excluding hydrogens is 128 g/mol. The summed E-state index contributed by atoms with van der Waals surface area (Å²) in [5, 5.41) is 1.52. The second-order valence-corrected chi connectivity index (χ2v) is 3.70. The molecule has 1 nitrogen and oxygen atoms in total. The van der Waals surface area contributed by atoms with Crippen molar-refractivity contribution in [1.82, 2.24) is 0 Å². The number of hydrogen-bond donors (Lipinski definition) is 0. The van der Waals surface area contributed by atoms with E-state index < -0.39 is 0 Å². The van der Waals surface area contributed by atoms with Crippen LogP contribution in [0, 0.1) is 0 Å². The predicted molar refractivity (Wildman–Crippen MR) is 42.0 cm³/mol. The molecular formula is C7H12OSi. The van der Waals surface area contributed by atoms with E-state index in [9.17, 15) is 0 Å². The summed E-state index contributed by atoms with van der Waals surface area (Å²) >= 11 is 0. The van der Waals surface area contributed by atoms with Crippen LogP contribution in [0.15, 0.2) is 23.4 Å². The first-order valence-corrected chi connectivity index (χ1v) is 4.64. The highest BCUT2D eigenvalue weighted by Crippen LogP contribution is 2.07. The molecule has 0 fully saturated rings. The summed E-state index contributed by atoms with van der Waals surface area (Å²) in [5.74, 6) is 0. The third-order valence-electron chi connectivity index (χ3n) is 1.34. The third-order valence-corrected chi connectivity index (χ3v) is 2.85. The monoisotopic (exact) mass is 140 g/mol. The molecule has 0 aromatic heterocycles. The highest BCUT2D eigenvalue weighted by Gasteiger charge is 1.97. The van der Waals surface area contributed by atoms with E-state index in [0.29, 0.717) is 0 Å². The quantitative estimate of drug-likeness (QED) is 0.530. The molecule has 0 bridgehead atoms. The fourth-order valence-electron chi connectivity index (χ4n) is 0.832. The van der Waals surface area contributed by atoms with Gasteiger partial charge in [0.25, 0.3) is 0 Å². The lowest BCUT2D eigenvalue weighted by molar-refractivity contribution is 0.364. The molecule has 50 valence electrons. The first kappa shape index (κ1) is 6.77. The van der Waals surface area contributed by atoms with Crippen LogP contribution in [0.25, 0.3) is 0 Å². The van der Waals surface area contributed by atoms with Crippen molar-refractivity contribution in [2.45, 2.75) is 13.3 Å². The van der Waals surface area contributed by atoms with Gasteiger partial charge in [-0.05, 0) is 13.3 Å². The minimum Gasteiger partial charge on any atom is -0.419 e. The van der Waals surface area contributed by atoms with Gasteiger partial charge in [0.15, 0.2) is 9.76 Å². The van der Waals surface area contributed by atoms with Crippen molar-refractivity contribution in [3.8, 4) is 0 Å². The van der Waals surface area contributed by atoms with Crippen LogP contribution in [-0.2, 0) is 4.43 Å². The maximum atomic E-state index is 5.35. The lowest BCUT2D eigenvalue weighted by Crippen LogP contribution is -2.00. The number of rotatable bonds is 3. The molecule has 0 aromatic carbocycles. The van der Waals surface area contributed by atoms with Gasteiger partial charge in [-0.2, -0.15) is 0 Å². The Bertz CT molecular complexity index is 138. The molecule has 0 saturated carbocycles. The average molecular weight is 140 g/mol. The molecule has 0 saturated heterocycles. The largest absolute Gasteiger partial charge is 0.419 e. The summed E-state index contributed by atoms with van der Waals surface area (Å²) in [6, 6.07) is 0. The molecule has 1 rings (SSSR count). The van der Waals surface area contributed by atoms with E-state index in [4.69, 9.17) is 4.43 Å². The molecule has 9 heavy (non-hydrogen) atoms. The predicted octanol–water partition coefficient (Wildman–Crippen LogP) is 0.950. The summed E-state index contributed by atoms with van der Waals surface area (Å²) in [6.45, 7) is 2.93. The van der Waals surface area contributed by atoms with E-state index in [1.54, 1.807) is 0 Å². The van der Waals surface area contributed by atoms with E-state index in [0.717, 1.165) is 13.0 Å². The minimum atomic E-state index is -0.314. The lowest BCUT2D eigenvalue weighted by atomic mass is 10.5. The fourth-order valence-corrected chi connectivity index (χ4v) is 1.81. The Morgan fingerprint density at radius 3 is 3.22 bits per heavy atom. The van der Waals surface area contributed by atoms with Crippen molar-refractivity contribution in [1.29, 1.82) is 0 Å². The Labute approximate surface area is 58.4 Å². The summed E-state index contributed by atoms with van der Waals surface area (Å²) < 4.78 is 5.35. The van der Waals surface area contributed by atoms with E-state index >= 15 is 0 Å². The van der Waals surface area contributed by atoms with Crippen molar-refractivity contribution in [3.63, 3.8) is 0 Å². The van der Waals surface area contributed by atoms with E-state index in [-0.39, 0.29) is 9.76 Å². The lowest BCUT2D eigenvalue weighted by Gasteiger charge is -1.98. The SMILES string of the molecule is CCO[SiH2]C1=CC=CC1. The Morgan fingerprint density at radius 1 is 1.78 bits per heavy atom. The highest BCUT2D eigenvalue weighted by molar-refractivity contribution is 6.38. The van der Waals surface area contributed by atoms with Crippen LogP contribution in [0.2, 0.25) is 0 Å². The van der Waals surface area contributed by atoms with Gasteiger partial charge in [-0.15, -0.1) is 0 Å². The highest BCUT2D eigenvalue weighted by atomic mass is 28.2. The first-order chi connectivity index (χ1) is 4.43. The Kier molecular flexibility index (Phi) is 2.74. The molecule has 0 aromatic rings. The zero-order valence-electron chi connectivity index (χ0n) is 5.76. The van der Waals surface area contributed by atoms with E-state index in [2.05, 4.69) is 25.2 Å². The van der Waals surface area contributed by atoms with Crippen LogP contribution in [0.3, 0.4) is 0 Å². The summed E-state index contributed by atoms with van der Waals surface area (Å²) in [5.41, 5.74) is 0. The normalized spacial score (nSPS) is 17.7. The molecule has 0 amide bonds. The number of hydrogen-bond acceptors (Lipinski definition) is 1. The molecule has 2 heteroatoms. The smallest absolute Gasteiger partial charge is 0.188 e. The van der Waals surface area contributed by atoms with Gasteiger partial charge in [-0.1, -0.05) is 23.4 Å². The third kappa shape index (κ3) is 2.16. The van der Waals surface area contributed by atoms with Gasteiger partial charge in [0.05, 0.1) is 0 Å². The molecule has 1 aliphatic rings. The maximum Gasteiger partial charge on any atom is 0.188 e. The van der Waals surface area contributed by atoms with Crippen LogP contribution in [0.4, 0.5) is 0 Å². The van der Waals surface area contributed by atoms with Gasteiger partial charge in [-0.3, -0.25) is 0 Å². The standard InChI is InChI=1S/C7H12OSi/c1-2-8-9-7-5-3-4-6-7/h3-5H,2,6,9H2,1H3. The van der Waals surface area contributed by atoms with Crippen molar-refractivity contribution in [2.24, 2.45) is 0 Å². The fraction of sp³-hybridized carbons (Fsp3) is 0.429. The molecule has 0 spiro atoms. The van der Waals surface area contributed by atoms with Crippen LogP contribution < -0.4 is 0 Å². The topological polar surface area (TPSA) is 9.23 Å². The zero-order valence-corrected chi connectivity index (χ0v) is 7.18. The minimum absolute atomic E-state index is 0.314. The Morgan fingerprint density at radius 2 is 2.67 bits per heavy atom. The van der Waals surface area contributed by atoms with Crippen molar-refractivity contribution in [3.05, 3.63) is 23.4 Å². The van der Waals surface area contributed by atoms with E-state index in [1.165, 1.54) is 5.20 Å². The zero-order chi connectivity index (χ0) is 6.53. The molecule has 1 aliphatic carbocycles. The summed E-state index contributed by atoms with van der Waals surface area (Å²) in [7, 11) is -0.314. The van der Waals surface area contributed by atoms with Crippen molar-refractivity contribution < 1.29 is 4.43 Å². The average Bonchev–Trinajstić information content (AvgIpc) is 2.34. The Hall–Kier alpha value is -0.343. The van der Waals surface area contributed by atoms with Gasteiger partial charge in [0, 0.05) is 6.61 Å². The van der Waals surface area contributed by atoms with Crippen molar-refractivity contribution >= 4 is 9.76 Å².